The lowest BCUT2D eigenvalue weighted by atomic mass is 9.91. The van der Waals surface area contributed by atoms with Crippen LogP contribution >= 0.6 is 34.8 Å². The monoisotopic (exact) mass is 701 g/mol. The summed E-state index contributed by atoms with van der Waals surface area (Å²) in [6.45, 7) is 0.836. The first-order valence-corrected chi connectivity index (χ1v) is 16.2. The molecule has 0 spiro atoms. The van der Waals surface area contributed by atoms with Crippen molar-refractivity contribution in [2.24, 2.45) is 0 Å². The molecule has 0 atom stereocenters. The first-order chi connectivity index (χ1) is 23.1. The normalized spacial score (nSPS) is 15.9. The van der Waals surface area contributed by atoms with Gasteiger partial charge in [0.2, 0.25) is 34.7 Å². The molecule has 3 aromatic carbocycles. The summed E-state index contributed by atoms with van der Waals surface area (Å²) < 4.78 is 0. The van der Waals surface area contributed by atoms with Crippen molar-refractivity contribution in [2.75, 3.05) is 26.2 Å². The van der Waals surface area contributed by atoms with E-state index in [1.807, 2.05) is 0 Å². The van der Waals surface area contributed by atoms with E-state index < -0.39 is 34.7 Å². The van der Waals surface area contributed by atoms with Gasteiger partial charge in [-0.1, -0.05) is 108 Å². The van der Waals surface area contributed by atoms with Crippen LogP contribution in [0.3, 0.4) is 0 Å². The van der Waals surface area contributed by atoms with Gasteiger partial charge in [-0.15, -0.1) is 0 Å². The minimum atomic E-state index is -0.480. The molecule has 242 valence electrons. The van der Waals surface area contributed by atoms with Crippen LogP contribution in [0.25, 0.3) is 0 Å². The van der Waals surface area contributed by atoms with Gasteiger partial charge in [-0.3, -0.25) is 28.8 Å². The molecule has 0 heterocycles. The molecule has 0 saturated carbocycles. The van der Waals surface area contributed by atoms with E-state index in [2.05, 4.69) is 10.6 Å². The largest absolute Gasteiger partial charge is 0.380 e. The summed E-state index contributed by atoms with van der Waals surface area (Å²) in [4.78, 5) is 80.2. The van der Waals surface area contributed by atoms with Crippen LogP contribution in [0.4, 0.5) is 0 Å². The van der Waals surface area contributed by atoms with Crippen LogP contribution in [0.5, 0.6) is 0 Å². The highest BCUT2D eigenvalue weighted by atomic mass is 35.5. The molecular weight excluding hydrogens is 677 g/mol. The maximum absolute atomic E-state index is 13.7. The van der Waals surface area contributed by atoms with Gasteiger partial charge in [0, 0.05) is 59.6 Å². The van der Waals surface area contributed by atoms with Crippen molar-refractivity contribution in [3.05, 3.63) is 138 Å². The molecule has 0 radical (unpaired) electrons. The minimum Gasteiger partial charge on any atom is -0.380 e. The maximum Gasteiger partial charge on any atom is 0.211 e. The van der Waals surface area contributed by atoms with Crippen molar-refractivity contribution in [3.63, 3.8) is 0 Å². The number of hydrogen-bond acceptors (Lipinski definition) is 9. The van der Waals surface area contributed by atoms with Crippen LogP contribution in [0, 0.1) is 0 Å². The number of rotatable bonds is 11. The van der Waals surface area contributed by atoms with E-state index in [-0.39, 0.29) is 91.7 Å². The molecule has 0 bridgehead atoms. The average molecular weight is 703 g/mol. The number of hydrogen-bond donors (Lipinski definition) is 2. The summed E-state index contributed by atoms with van der Waals surface area (Å²) >= 11 is 19.1. The molecule has 3 aliphatic carbocycles. The smallest absolute Gasteiger partial charge is 0.211 e. The SMILES string of the molecule is O=C1C(Cl)=C(NCCCN(CCCNC2=C(Cl)C(=O)c3ccccc3C2=O)C2=C(Cl)C(=O)c3ccccc3C2=O)C(=O)c2ccccc21. The first-order valence-electron chi connectivity index (χ1n) is 15.1. The van der Waals surface area contributed by atoms with Gasteiger partial charge in [0.05, 0.1) is 0 Å². The van der Waals surface area contributed by atoms with E-state index in [9.17, 15) is 28.8 Å². The molecule has 0 aromatic heterocycles. The van der Waals surface area contributed by atoms with E-state index in [1.165, 1.54) is 0 Å². The molecule has 9 nitrogen and oxygen atoms in total. The third-order valence-corrected chi connectivity index (χ3v) is 9.36. The Hall–Kier alpha value is -4.83. The summed E-state index contributed by atoms with van der Waals surface area (Å²) in [5, 5.41) is 5.33. The molecule has 2 N–H and O–H groups in total. The van der Waals surface area contributed by atoms with Crippen LogP contribution in [-0.4, -0.2) is 65.8 Å². The number of benzene rings is 3. The van der Waals surface area contributed by atoms with E-state index in [1.54, 1.807) is 77.7 Å². The molecule has 0 unspecified atom stereocenters. The van der Waals surface area contributed by atoms with Crippen molar-refractivity contribution in [1.29, 1.82) is 0 Å². The van der Waals surface area contributed by atoms with Gasteiger partial charge in [-0.2, -0.15) is 0 Å². The van der Waals surface area contributed by atoms with Crippen LogP contribution in [0.15, 0.2) is 105 Å². The quantitative estimate of drug-likeness (QED) is 0.237. The second-order valence-corrected chi connectivity index (χ2v) is 12.3. The Morgan fingerprint density at radius 2 is 0.750 bits per heavy atom. The number of carbonyl (C=O) groups excluding carboxylic acids is 6. The Bertz CT molecular complexity index is 1950. The molecule has 0 amide bonds. The zero-order valence-corrected chi connectivity index (χ0v) is 27.5. The molecule has 0 saturated heterocycles. The summed E-state index contributed by atoms with van der Waals surface area (Å²) in [7, 11) is 0. The lowest BCUT2D eigenvalue weighted by molar-refractivity contribution is 0.0945. The number of nitrogens with zero attached hydrogens (tertiary/aromatic N) is 1. The average Bonchev–Trinajstić information content (AvgIpc) is 3.11. The standard InChI is InChI=1S/C36H26Cl3N3O6/c37-25-28(34(46)22-12-4-1-9-19(22)31(25)43)40-15-7-17-42(30-27(39)33(45)21-11-3-6-14-24(21)36(30)48)18-8-16-41-29-26(38)32(44)20-10-2-5-13-23(20)35(29)47/h1-6,9-14,40-41H,7-8,15-18H2. The second-order valence-electron chi connectivity index (χ2n) is 11.2. The Balaban J connectivity index is 1.17. The summed E-state index contributed by atoms with van der Waals surface area (Å²) in [5.41, 5.74) is 1.43. The zero-order chi connectivity index (χ0) is 34.1. The number of nitrogens with one attached hydrogen (secondary N) is 2. The number of ketones is 6. The van der Waals surface area contributed by atoms with Crippen LogP contribution in [-0.2, 0) is 0 Å². The topological polar surface area (TPSA) is 130 Å². The van der Waals surface area contributed by atoms with Crippen molar-refractivity contribution in [2.45, 2.75) is 12.8 Å². The van der Waals surface area contributed by atoms with Crippen LogP contribution in [0.2, 0.25) is 0 Å². The molecule has 0 aliphatic heterocycles. The van der Waals surface area contributed by atoms with Gasteiger partial charge in [0.15, 0.2) is 0 Å². The van der Waals surface area contributed by atoms with Crippen molar-refractivity contribution < 1.29 is 28.8 Å². The fraction of sp³-hybridized carbons (Fsp3) is 0.167. The van der Waals surface area contributed by atoms with E-state index in [0.717, 1.165) is 0 Å². The fourth-order valence-corrected chi connectivity index (χ4v) is 6.74. The number of carbonyl (C=O) groups is 6. The molecule has 3 aromatic rings. The zero-order valence-electron chi connectivity index (χ0n) is 25.2. The molecule has 0 fully saturated rings. The van der Waals surface area contributed by atoms with Crippen molar-refractivity contribution in [3.8, 4) is 0 Å². The summed E-state index contributed by atoms with van der Waals surface area (Å²) in [6, 6.07) is 19.3. The summed E-state index contributed by atoms with van der Waals surface area (Å²) in [6.07, 6.45) is 0.698. The highest BCUT2D eigenvalue weighted by molar-refractivity contribution is 6.51. The van der Waals surface area contributed by atoms with Gasteiger partial charge in [0.25, 0.3) is 0 Å². The second kappa shape index (κ2) is 13.7. The highest BCUT2D eigenvalue weighted by Gasteiger charge is 2.35. The van der Waals surface area contributed by atoms with Gasteiger partial charge in [0.1, 0.15) is 32.2 Å². The molecular formula is C36H26Cl3N3O6. The molecule has 12 heteroatoms. The predicted octanol–water partition coefficient (Wildman–Crippen LogP) is 5.84. The predicted molar refractivity (Wildman–Crippen MR) is 181 cm³/mol. The molecule has 3 aliphatic rings. The Morgan fingerprint density at radius 1 is 0.438 bits per heavy atom. The number of fused-ring (bicyclic) bond motifs is 3. The van der Waals surface area contributed by atoms with Gasteiger partial charge in [-0.05, 0) is 12.8 Å². The third kappa shape index (κ3) is 5.89. The first kappa shape index (κ1) is 33.1. The van der Waals surface area contributed by atoms with E-state index >= 15 is 0 Å². The van der Waals surface area contributed by atoms with Gasteiger partial charge < -0.3 is 15.5 Å². The van der Waals surface area contributed by atoms with Gasteiger partial charge >= 0.3 is 0 Å². The van der Waals surface area contributed by atoms with Crippen LogP contribution < -0.4 is 10.6 Å². The Labute approximate surface area is 290 Å². The molecule has 6 rings (SSSR count). The molecule has 48 heavy (non-hydrogen) atoms. The lowest BCUT2D eigenvalue weighted by Crippen LogP contribution is -2.37. The van der Waals surface area contributed by atoms with Crippen molar-refractivity contribution >= 4 is 69.5 Å². The van der Waals surface area contributed by atoms with E-state index in [0.29, 0.717) is 12.8 Å². The number of Topliss-reactive ketones (excluding diaryl/α,β-unsaturated/α-hetero) is 6. The minimum absolute atomic E-state index is 0.00960. The number of halogens is 3. The van der Waals surface area contributed by atoms with E-state index in [4.69, 9.17) is 34.8 Å². The lowest BCUT2D eigenvalue weighted by Gasteiger charge is -2.30. The highest BCUT2D eigenvalue weighted by Crippen LogP contribution is 2.32. The van der Waals surface area contributed by atoms with Crippen LogP contribution in [0.1, 0.15) is 75.0 Å². The third-order valence-electron chi connectivity index (χ3n) is 8.29. The Morgan fingerprint density at radius 3 is 1.12 bits per heavy atom. The Kier molecular flexibility index (Phi) is 9.46. The van der Waals surface area contributed by atoms with Gasteiger partial charge in [-0.25, -0.2) is 0 Å². The summed E-state index contributed by atoms with van der Waals surface area (Å²) in [5.74, 6) is -2.61. The fourth-order valence-electron chi connectivity index (χ4n) is 5.92. The van der Waals surface area contributed by atoms with Crippen molar-refractivity contribution in [1.82, 2.24) is 15.5 Å². The number of allylic oxidation sites excluding steroid dienone is 6. The maximum atomic E-state index is 13.7.